The molecule has 4 aliphatic heterocycles. The number of benzene rings is 6. The standard InChI is InChI=1S/C58H52N4O13/c1-71-47-32-40-26-27-59(34-41(40)33-48(47)72-2)54(65)49-51-55(66)75-52(39-16-7-4-8-17-39)50(38-14-5-3-6-15-38)61(51)53(43-18-9-10-19-46(43)73-30-29-64)58(49)44-31-36(13-11-12-28-63)22-25-45(44)60(56(58)67)57(68)74-35-37-20-23-42(24-21-37)62(69)70/h3-10,14-25,31-33,49-53,63-64H,12,26-30,34-35H2,1-2H3. The van der Waals surface area contributed by atoms with E-state index in [0.29, 0.717) is 45.7 Å². The molecule has 2 fully saturated rings. The van der Waals surface area contributed by atoms with Crippen molar-refractivity contribution in [3.05, 3.63) is 194 Å². The molecule has 0 aromatic heterocycles. The van der Waals surface area contributed by atoms with Crippen molar-refractivity contribution in [1.82, 2.24) is 9.80 Å². The highest BCUT2D eigenvalue weighted by Gasteiger charge is 2.76. The van der Waals surface area contributed by atoms with Crippen LogP contribution in [0.1, 0.15) is 69.1 Å². The number of carbonyl (C=O) groups is 4. The van der Waals surface area contributed by atoms with Crippen molar-refractivity contribution >= 4 is 35.3 Å². The van der Waals surface area contributed by atoms with E-state index in [1.165, 1.54) is 31.4 Å². The minimum Gasteiger partial charge on any atom is -0.493 e. The predicted molar refractivity (Wildman–Crippen MR) is 271 cm³/mol. The zero-order valence-corrected chi connectivity index (χ0v) is 41.0. The van der Waals surface area contributed by atoms with E-state index in [4.69, 9.17) is 23.7 Å². The molecule has 2 saturated heterocycles. The Bertz CT molecular complexity index is 3230. The van der Waals surface area contributed by atoms with Crippen LogP contribution in [0.4, 0.5) is 16.2 Å². The minimum atomic E-state index is -2.20. The van der Waals surface area contributed by atoms with Crippen molar-refractivity contribution in [3.63, 3.8) is 0 Å². The average Bonchev–Trinajstić information content (AvgIpc) is 4.04. The predicted octanol–water partition coefficient (Wildman–Crippen LogP) is 7.30. The average molecular weight is 1010 g/mol. The number of nitro benzene ring substituents is 1. The second-order valence-electron chi connectivity index (χ2n) is 18.5. The Morgan fingerprint density at radius 1 is 0.800 bits per heavy atom. The number of imide groups is 1. The Balaban J connectivity index is 1.25. The largest absolute Gasteiger partial charge is 0.493 e. The van der Waals surface area contributed by atoms with Gasteiger partial charge in [-0.25, -0.2) is 9.69 Å². The molecule has 1 spiro atoms. The van der Waals surface area contributed by atoms with Gasteiger partial charge in [0.15, 0.2) is 11.5 Å². The van der Waals surface area contributed by atoms with E-state index in [9.17, 15) is 20.3 Å². The lowest BCUT2D eigenvalue weighted by Gasteiger charge is -2.46. The Morgan fingerprint density at radius 2 is 1.48 bits per heavy atom. The monoisotopic (exact) mass is 1010 g/mol. The molecule has 6 aromatic rings. The van der Waals surface area contributed by atoms with E-state index >= 15 is 19.2 Å². The van der Waals surface area contributed by atoms with E-state index in [2.05, 4.69) is 11.8 Å². The molecule has 6 aromatic carbocycles. The normalized spacial score (nSPS) is 21.5. The fourth-order valence-electron chi connectivity index (χ4n) is 11.3. The number of fused-ring (bicyclic) bond motifs is 4. The number of non-ortho nitro benzene ring substituents is 1. The summed E-state index contributed by atoms with van der Waals surface area (Å²) >= 11 is 0. The van der Waals surface area contributed by atoms with Crippen molar-refractivity contribution < 1.29 is 58.0 Å². The smallest absolute Gasteiger partial charge is 0.421 e. The van der Waals surface area contributed by atoms with Gasteiger partial charge in [0.05, 0.1) is 56.0 Å². The molecule has 2 N–H and O–H groups in total. The van der Waals surface area contributed by atoms with Gasteiger partial charge in [-0.1, -0.05) is 90.7 Å². The molecule has 17 heteroatoms. The number of para-hydroxylation sites is 1. The van der Waals surface area contributed by atoms with Crippen molar-refractivity contribution in [2.24, 2.45) is 5.92 Å². The zero-order valence-electron chi connectivity index (χ0n) is 41.0. The first-order chi connectivity index (χ1) is 36.5. The van der Waals surface area contributed by atoms with E-state index in [1.807, 2.05) is 77.7 Å². The number of aliphatic hydroxyl groups excluding tert-OH is 2. The van der Waals surface area contributed by atoms with Gasteiger partial charge in [0.1, 0.15) is 36.5 Å². The SMILES string of the molecule is COc1cc2c(cc1OC)CN(C(=O)C1C3C(=O)OC(c4ccccc4)C(c4ccccc4)N3C(c3ccccc3OCCO)C13C(=O)N(C(=O)OCc1ccc([N+](=O)[O-])cc1)c1ccc(C#CCCO)cc13)CC2. The number of hydrogen-bond donors (Lipinski definition) is 2. The van der Waals surface area contributed by atoms with E-state index < -0.39 is 71.0 Å². The van der Waals surface area contributed by atoms with Crippen LogP contribution in [0, 0.1) is 27.9 Å². The number of methoxy groups -OCH3 is 2. The molecule has 6 atom stereocenters. The van der Waals surface area contributed by atoms with Crippen LogP contribution >= 0.6 is 0 Å². The van der Waals surface area contributed by atoms with Gasteiger partial charge >= 0.3 is 12.1 Å². The number of anilines is 1. The molecule has 4 heterocycles. The van der Waals surface area contributed by atoms with Crippen LogP contribution in [0.5, 0.6) is 17.2 Å². The van der Waals surface area contributed by atoms with E-state index in [0.717, 1.165) is 16.0 Å². The number of rotatable bonds is 13. The lowest BCUT2D eigenvalue weighted by atomic mass is 9.64. The Morgan fingerprint density at radius 3 is 2.16 bits per heavy atom. The number of carbonyl (C=O) groups excluding carboxylic acids is 4. The third-order valence-corrected chi connectivity index (χ3v) is 14.5. The van der Waals surface area contributed by atoms with Crippen LogP contribution in [0.2, 0.25) is 0 Å². The topological polar surface area (TPSA) is 208 Å². The molecule has 3 amide bonds. The molecule has 0 aliphatic carbocycles. The second-order valence-corrected chi connectivity index (χ2v) is 18.5. The van der Waals surface area contributed by atoms with Gasteiger partial charge in [-0.15, -0.1) is 0 Å². The molecule has 0 saturated carbocycles. The summed E-state index contributed by atoms with van der Waals surface area (Å²) in [6.45, 7) is -0.928. The van der Waals surface area contributed by atoms with Gasteiger partial charge in [0, 0.05) is 42.8 Å². The van der Waals surface area contributed by atoms with Gasteiger partial charge in [0.2, 0.25) is 11.8 Å². The Hall–Kier alpha value is -8.56. The highest BCUT2D eigenvalue weighted by Crippen LogP contribution is 2.67. The highest BCUT2D eigenvalue weighted by molar-refractivity contribution is 6.23. The van der Waals surface area contributed by atoms with Crippen LogP contribution in [0.3, 0.4) is 0 Å². The van der Waals surface area contributed by atoms with E-state index in [-0.39, 0.29) is 62.0 Å². The van der Waals surface area contributed by atoms with Crippen molar-refractivity contribution in [1.29, 1.82) is 0 Å². The quantitative estimate of drug-likeness (QED) is 0.0504. The summed E-state index contributed by atoms with van der Waals surface area (Å²) in [7, 11) is 3.06. The van der Waals surface area contributed by atoms with Crippen molar-refractivity contribution in [2.75, 3.05) is 45.5 Å². The van der Waals surface area contributed by atoms with Crippen molar-refractivity contribution in [2.45, 2.75) is 55.6 Å². The van der Waals surface area contributed by atoms with Gasteiger partial charge in [0.25, 0.3) is 5.69 Å². The molecule has 17 nitrogen and oxygen atoms in total. The number of cyclic esters (lactones) is 1. The Labute approximate surface area is 431 Å². The number of morpholine rings is 1. The van der Waals surface area contributed by atoms with Crippen LogP contribution in [0.25, 0.3) is 0 Å². The molecule has 6 unspecified atom stereocenters. The number of aliphatic hydroxyl groups is 2. The third kappa shape index (κ3) is 8.86. The number of nitrogens with zero attached hydrogens (tertiary/aromatic N) is 4. The molecule has 0 radical (unpaired) electrons. The summed E-state index contributed by atoms with van der Waals surface area (Å²) < 4.78 is 30.2. The first kappa shape index (κ1) is 50.0. The first-order valence-electron chi connectivity index (χ1n) is 24.5. The molecular weight excluding hydrogens is 961 g/mol. The summed E-state index contributed by atoms with van der Waals surface area (Å²) in [5.41, 5.74) is 2.00. The van der Waals surface area contributed by atoms with Gasteiger partial charge in [-0.2, -0.15) is 0 Å². The van der Waals surface area contributed by atoms with Gasteiger partial charge < -0.3 is 38.8 Å². The lowest BCUT2D eigenvalue weighted by molar-refractivity contribution is -0.384. The molecular formula is C58H52N4O13. The summed E-state index contributed by atoms with van der Waals surface area (Å²) in [5.74, 6) is 3.35. The fraction of sp³-hybridized carbons (Fsp3) is 0.276. The number of amides is 3. The number of hydrogen-bond acceptors (Lipinski definition) is 14. The lowest BCUT2D eigenvalue weighted by Crippen LogP contribution is -2.57. The first-order valence-corrected chi connectivity index (χ1v) is 24.5. The maximum atomic E-state index is 16.9. The summed E-state index contributed by atoms with van der Waals surface area (Å²) in [5, 5.41) is 31.4. The van der Waals surface area contributed by atoms with Gasteiger partial charge in [-0.05, 0) is 88.3 Å². The molecule has 0 bridgehead atoms. The maximum absolute atomic E-state index is 16.9. The molecule has 10 rings (SSSR count). The Kier molecular flexibility index (Phi) is 14.1. The minimum absolute atomic E-state index is 0.0488. The summed E-state index contributed by atoms with van der Waals surface area (Å²) in [6, 6.07) is 35.7. The number of ether oxygens (including phenoxy) is 5. The number of esters is 1. The van der Waals surface area contributed by atoms with E-state index in [1.54, 1.807) is 54.5 Å². The van der Waals surface area contributed by atoms with Crippen LogP contribution in [-0.4, -0.2) is 95.4 Å². The second kappa shape index (κ2) is 21.1. The van der Waals surface area contributed by atoms with Crippen molar-refractivity contribution in [3.8, 4) is 29.1 Å². The zero-order chi connectivity index (χ0) is 52.4. The number of nitro groups is 1. The van der Waals surface area contributed by atoms with Crippen LogP contribution in [0.15, 0.2) is 140 Å². The molecule has 4 aliphatic rings. The summed E-state index contributed by atoms with van der Waals surface area (Å²) in [4.78, 5) is 79.5. The fourth-order valence-corrected chi connectivity index (χ4v) is 11.3. The summed E-state index contributed by atoms with van der Waals surface area (Å²) in [6.07, 6.45) is -1.63. The third-order valence-electron chi connectivity index (χ3n) is 14.5. The van der Waals surface area contributed by atoms with Gasteiger partial charge in [-0.3, -0.25) is 29.4 Å². The van der Waals surface area contributed by atoms with Crippen LogP contribution in [-0.2, 0) is 48.8 Å². The van der Waals surface area contributed by atoms with Crippen LogP contribution < -0.4 is 19.1 Å². The molecule has 382 valence electrons. The molecule has 75 heavy (non-hydrogen) atoms. The maximum Gasteiger partial charge on any atom is 0.421 e. The highest BCUT2D eigenvalue weighted by atomic mass is 16.6.